The second kappa shape index (κ2) is 4.30. The van der Waals surface area contributed by atoms with Gasteiger partial charge in [0.2, 0.25) is 0 Å². The van der Waals surface area contributed by atoms with Crippen LogP contribution in [0.5, 0.6) is 0 Å². The van der Waals surface area contributed by atoms with Crippen molar-refractivity contribution in [1.82, 2.24) is 4.98 Å². The first kappa shape index (κ1) is 12.1. The standard InChI is InChI=1S/C14H19NO3/c1-11-2-3-12(10-15-11)13(16)4-6-14(7-5-13)17-8-9-18-14/h2-3,10,16H,4-9H2,1H3. The van der Waals surface area contributed by atoms with Crippen molar-refractivity contribution in [1.29, 1.82) is 0 Å². The second-order valence-electron chi connectivity index (χ2n) is 5.33. The van der Waals surface area contributed by atoms with Crippen LogP contribution in [0.2, 0.25) is 0 Å². The average molecular weight is 249 g/mol. The molecule has 4 heteroatoms. The fourth-order valence-corrected chi connectivity index (χ4v) is 2.86. The molecule has 1 aliphatic carbocycles. The monoisotopic (exact) mass is 249 g/mol. The lowest BCUT2D eigenvalue weighted by Gasteiger charge is -2.40. The van der Waals surface area contributed by atoms with E-state index in [-0.39, 0.29) is 0 Å². The molecule has 1 aliphatic heterocycles. The molecule has 0 amide bonds. The Morgan fingerprint density at radius 2 is 1.78 bits per heavy atom. The fourth-order valence-electron chi connectivity index (χ4n) is 2.86. The maximum atomic E-state index is 10.7. The van der Waals surface area contributed by atoms with Crippen LogP contribution in [-0.4, -0.2) is 29.1 Å². The highest BCUT2D eigenvalue weighted by Gasteiger charge is 2.46. The molecule has 3 rings (SSSR count). The zero-order valence-electron chi connectivity index (χ0n) is 10.7. The van der Waals surface area contributed by atoms with Crippen molar-refractivity contribution >= 4 is 0 Å². The molecule has 0 bridgehead atoms. The van der Waals surface area contributed by atoms with Crippen LogP contribution in [0, 0.1) is 6.92 Å². The molecule has 2 fully saturated rings. The van der Waals surface area contributed by atoms with E-state index in [1.165, 1.54) is 0 Å². The molecule has 1 saturated heterocycles. The molecule has 1 N–H and O–H groups in total. The Kier molecular flexibility index (Phi) is 2.88. The van der Waals surface area contributed by atoms with Crippen molar-refractivity contribution in [2.75, 3.05) is 13.2 Å². The number of nitrogens with zero attached hydrogens (tertiary/aromatic N) is 1. The molecule has 1 spiro atoms. The van der Waals surface area contributed by atoms with Gasteiger partial charge in [-0.2, -0.15) is 0 Å². The van der Waals surface area contributed by atoms with Crippen LogP contribution in [0.25, 0.3) is 0 Å². The predicted molar refractivity (Wildman–Crippen MR) is 66.0 cm³/mol. The van der Waals surface area contributed by atoms with E-state index in [9.17, 15) is 5.11 Å². The summed E-state index contributed by atoms with van der Waals surface area (Å²) in [5, 5.41) is 10.7. The first-order valence-corrected chi connectivity index (χ1v) is 6.55. The SMILES string of the molecule is Cc1ccc(C2(O)CCC3(CC2)OCCO3)cn1. The van der Waals surface area contributed by atoms with Gasteiger partial charge in [0, 0.05) is 30.3 Å². The minimum absolute atomic E-state index is 0.426. The van der Waals surface area contributed by atoms with Crippen LogP contribution >= 0.6 is 0 Å². The number of aliphatic hydroxyl groups is 1. The maximum absolute atomic E-state index is 10.7. The van der Waals surface area contributed by atoms with Gasteiger partial charge in [0.25, 0.3) is 0 Å². The minimum Gasteiger partial charge on any atom is -0.385 e. The number of aryl methyl sites for hydroxylation is 1. The van der Waals surface area contributed by atoms with Crippen molar-refractivity contribution in [2.24, 2.45) is 0 Å². The van der Waals surface area contributed by atoms with Crippen molar-refractivity contribution < 1.29 is 14.6 Å². The topological polar surface area (TPSA) is 51.6 Å². The highest BCUT2D eigenvalue weighted by atomic mass is 16.7. The third-order valence-corrected chi connectivity index (χ3v) is 4.10. The van der Waals surface area contributed by atoms with Crippen LogP contribution in [0.4, 0.5) is 0 Å². The Labute approximate surface area is 107 Å². The molecule has 0 radical (unpaired) electrons. The first-order valence-electron chi connectivity index (χ1n) is 6.55. The Morgan fingerprint density at radius 3 is 2.33 bits per heavy atom. The van der Waals surface area contributed by atoms with Crippen molar-refractivity contribution in [3.8, 4) is 0 Å². The summed E-state index contributed by atoms with van der Waals surface area (Å²) in [6.07, 6.45) is 4.61. The van der Waals surface area contributed by atoms with Gasteiger partial charge in [-0.25, -0.2) is 0 Å². The summed E-state index contributed by atoms with van der Waals surface area (Å²) < 4.78 is 11.4. The number of hydrogen-bond acceptors (Lipinski definition) is 4. The summed E-state index contributed by atoms with van der Waals surface area (Å²) in [7, 11) is 0. The van der Waals surface area contributed by atoms with Gasteiger partial charge in [-0.1, -0.05) is 6.07 Å². The molecule has 0 unspecified atom stereocenters. The number of ether oxygens (including phenoxy) is 2. The quantitative estimate of drug-likeness (QED) is 0.826. The zero-order chi connectivity index (χ0) is 12.6. The molecular weight excluding hydrogens is 230 g/mol. The van der Waals surface area contributed by atoms with Crippen molar-refractivity contribution in [3.63, 3.8) is 0 Å². The summed E-state index contributed by atoms with van der Waals surface area (Å²) in [5.41, 5.74) is 1.10. The van der Waals surface area contributed by atoms with E-state index in [0.717, 1.165) is 24.1 Å². The van der Waals surface area contributed by atoms with Gasteiger partial charge in [0.1, 0.15) is 0 Å². The van der Waals surface area contributed by atoms with E-state index in [1.807, 2.05) is 19.1 Å². The van der Waals surface area contributed by atoms with Gasteiger partial charge in [0.05, 0.1) is 18.8 Å². The Balaban J connectivity index is 1.75. The molecule has 98 valence electrons. The summed E-state index contributed by atoms with van der Waals surface area (Å²) in [5.74, 6) is -0.426. The van der Waals surface area contributed by atoms with Crippen molar-refractivity contribution in [2.45, 2.75) is 44.0 Å². The number of pyridine rings is 1. The highest BCUT2D eigenvalue weighted by Crippen LogP contribution is 2.44. The second-order valence-corrected chi connectivity index (χ2v) is 5.33. The van der Waals surface area contributed by atoms with E-state index in [4.69, 9.17) is 9.47 Å². The minimum atomic E-state index is -0.777. The maximum Gasteiger partial charge on any atom is 0.168 e. The summed E-state index contributed by atoms with van der Waals surface area (Å²) in [4.78, 5) is 4.27. The number of aromatic nitrogens is 1. The lowest BCUT2D eigenvalue weighted by molar-refractivity contribution is -0.204. The van der Waals surface area contributed by atoms with Gasteiger partial charge in [0.15, 0.2) is 5.79 Å². The molecular formula is C14H19NO3. The highest BCUT2D eigenvalue weighted by molar-refractivity contribution is 5.21. The smallest absolute Gasteiger partial charge is 0.168 e. The summed E-state index contributed by atoms with van der Waals surface area (Å²) in [6.45, 7) is 3.29. The average Bonchev–Trinajstić information content (AvgIpc) is 2.83. The Morgan fingerprint density at radius 1 is 1.11 bits per heavy atom. The number of hydrogen-bond donors (Lipinski definition) is 1. The van der Waals surface area contributed by atoms with Crippen LogP contribution in [0.3, 0.4) is 0 Å². The first-order chi connectivity index (χ1) is 8.62. The molecule has 2 aliphatic rings. The predicted octanol–water partition coefficient (Wildman–Crippen LogP) is 1.89. The van der Waals surface area contributed by atoms with Gasteiger partial charge in [-0.05, 0) is 25.8 Å². The van der Waals surface area contributed by atoms with E-state index in [2.05, 4.69) is 4.98 Å². The van der Waals surface area contributed by atoms with E-state index in [0.29, 0.717) is 26.1 Å². The molecule has 4 nitrogen and oxygen atoms in total. The van der Waals surface area contributed by atoms with Crippen LogP contribution in [0.1, 0.15) is 36.9 Å². The van der Waals surface area contributed by atoms with Gasteiger partial charge in [-0.3, -0.25) is 4.98 Å². The number of rotatable bonds is 1. The Bertz CT molecular complexity index is 413. The normalized spacial score (nSPS) is 25.4. The van der Waals surface area contributed by atoms with E-state index >= 15 is 0 Å². The molecule has 1 aromatic heterocycles. The zero-order valence-corrected chi connectivity index (χ0v) is 10.7. The largest absolute Gasteiger partial charge is 0.385 e. The molecule has 2 heterocycles. The molecule has 1 aromatic rings. The van der Waals surface area contributed by atoms with Crippen LogP contribution in [-0.2, 0) is 15.1 Å². The molecule has 0 atom stereocenters. The molecule has 1 saturated carbocycles. The lowest BCUT2D eigenvalue weighted by Crippen LogP contribution is -2.42. The fraction of sp³-hybridized carbons (Fsp3) is 0.643. The molecule has 18 heavy (non-hydrogen) atoms. The van der Waals surface area contributed by atoms with E-state index in [1.54, 1.807) is 6.20 Å². The summed E-state index contributed by atoms with van der Waals surface area (Å²) >= 11 is 0. The van der Waals surface area contributed by atoms with Crippen molar-refractivity contribution in [3.05, 3.63) is 29.6 Å². The third-order valence-electron chi connectivity index (χ3n) is 4.10. The lowest BCUT2D eigenvalue weighted by atomic mass is 9.77. The van der Waals surface area contributed by atoms with Gasteiger partial charge in [-0.15, -0.1) is 0 Å². The van der Waals surface area contributed by atoms with Gasteiger partial charge < -0.3 is 14.6 Å². The Hall–Kier alpha value is -0.970. The third kappa shape index (κ3) is 2.05. The van der Waals surface area contributed by atoms with Crippen LogP contribution < -0.4 is 0 Å². The van der Waals surface area contributed by atoms with Gasteiger partial charge >= 0.3 is 0 Å². The molecule has 0 aromatic carbocycles. The summed E-state index contributed by atoms with van der Waals surface area (Å²) in [6, 6.07) is 3.91. The van der Waals surface area contributed by atoms with Crippen LogP contribution in [0.15, 0.2) is 18.3 Å². The van der Waals surface area contributed by atoms with E-state index < -0.39 is 11.4 Å².